The maximum absolute atomic E-state index is 7.42. The molecule has 3 heteroatoms. The molecule has 1 aromatic heterocycles. The van der Waals surface area contributed by atoms with Crippen molar-refractivity contribution < 1.29 is 4.11 Å². The van der Waals surface area contributed by atoms with Crippen molar-refractivity contribution in [2.75, 3.05) is 19.3 Å². The molecule has 0 fully saturated rings. The van der Waals surface area contributed by atoms with Gasteiger partial charge in [-0.1, -0.05) is 6.07 Å². The van der Waals surface area contributed by atoms with Gasteiger partial charge >= 0.3 is 0 Å². The van der Waals surface area contributed by atoms with E-state index < -0.39 is 6.98 Å². The van der Waals surface area contributed by atoms with Gasteiger partial charge in [0.1, 0.15) is 5.82 Å². The SMILES string of the molecule is [2H]C([2H])([2H])N1CCCc2ccc(N)nc2C1. The van der Waals surface area contributed by atoms with E-state index in [-0.39, 0.29) is 0 Å². The van der Waals surface area contributed by atoms with Gasteiger partial charge in [0.2, 0.25) is 0 Å². The Morgan fingerprint density at radius 3 is 3.38 bits per heavy atom. The third-order valence-electron chi connectivity index (χ3n) is 2.30. The quantitative estimate of drug-likeness (QED) is 0.648. The summed E-state index contributed by atoms with van der Waals surface area (Å²) in [5, 5.41) is 0. The van der Waals surface area contributed by atoms with Gasteiger partial charge in [0.05, 0.1) is 5.69 Å². The topological polar surface area (TPSA) is 42.1 Å². The fourth-order valence-corrected chi connectivity index (χ4v) is 1.63. The minimum absolute atomic E-state index is 0.358. The van der Waals surface area contributed by atoms with Crippen molar-refractivity contribution in [3.8, 4) is 0 Å². The van der Waals surface area contributed by atoms with Crippen LogP contribution in [0.25, 0.3) is 0 Å². The van der Waals surface area contributed by atoms with Crippen LogP contribution in [0.5, 0.6) is 0 Å². The summed E-state index contributed by atoms with van der Waals surface area (Å²) in [4.78, 5) is 5.70. The van der Waals surface area contributed by atoms with Crippen molar-refractivity contribution in [1.82, 2.24) is 9.88 Å². The van der Waals surface area contributed by atoms with Gasteiger partial charge < -0.3 is 10.6 Å². The van der Waals surface area contributed by atoms with E-state index in [0.717, 1.165) is 24.1 Å². The predicted molar refractivity (Wildman–Crippen MR) is 53.3 cm³/mol. The van der Waals surface area contributed by atoms with Gasteiger partial charge in [-0.15, -0.1) is 0 Å². The van der Waals surface area contributed by atoms with Crippen molar-refractivity contribution in [3.63, 3.8) is 0 Å². The largest absolute Gasteiger partial charge is 0.384 e. The van der Waals surface area contributed by atoms with Gasteiger partial charge in [-0.2, -0.15) is 0 Å². The lowest BCUT2D eigenvalue weighted by Crippen LogP contribution is -2.17. The molecule has 1 aromatic rings. The van der Waals surface area contributed by atoms with Crippen LogP contribution in [-0.4, -0.2) is 23.4 Å². The maximum Gasteiger partial charge on any atom is 0.123 e. The van der Waals surface area contributed by atoms with Crippen molar-refractivity contribution in [1.29, 1.82) is 0 Å². The second kappa shape index (κ2) is 3.34. The molecule has 0 spiro atoms. The Morgan fingerprint density at radius 1 is 1.62 bits per heavy atom. The molecule has 1 aliphatic heterocycles. The van der Waals surface area contributed by atoms with Gasteiger partial charge in [0, 0.05) is 10.7 Å². The molecule has 70 valence electrons. The van der Waals surface area contributed by atoms with Crippen LogP contribution < -0.4 is 5.73 Å². The van der Waals surface area contributed by atoms with Crippen LogP contribution in [0.4, 0.5) is 5.82 Å². The van der Waals surface area contributed by atoms with Crippen molar-refractivity contribution in [2.24, 2.45) is 0 Å². The summed E-state index contributed by atoms with van der Waals surface area (Å²) in [6.07, 6.45) is 1.71. The molecule has 0 saturated carbocycles. The summed E-state index contributed by atoms with van der Waals surface area (Å²) in [5.74, 6) is 0.450. The molecule has 0 saturated heterocycles. The first-order chi connectivity index (χ1) is 7.47. The molecular formula is C10H15N3. The third-order valence-corrected chi connectivity index (χ3v) is 2.30. The summed E-state index contributed by atoms with van der Waals surface area (Å²) in [7, 11) is 0. The van der Waals surface area contributed by atoms with Gasteiger partial charge in [-0.3, -0.25) is 0 Å². The number of rotatable bonds is 0. The number of aromatic nitrogens is 1. The molecule has 0 unspecified atom stereocenters. The number of fused-ring (bicyclic) bond motifs is 1. The van der Waals surface area contributed by atoms with Gasteiger partial charge in [-0.25, -0.2) is 4.98 Å². The van der Waals surface area contributed by atoms with E-state index in [0.29, 0.717) is 18.9 Å². The predicted octanol–water partition coefficient (Wildman–Crippen LogP) is 1.04. The molecule has 2 heterocycles. The van der Waals surface area contributed by atoms with E-state index in [9.17, 15) is 0 Å². The lowest BCUT2D eigenvalue weighted by atomic mass is 10.1. The normalized spacial score (nSPS) is 22.3. The lowest BCUT2D eigenvalue weighted by molar-refractivity contribution is 0.329. The highest BCUT2D eigenvalue weighted by molar-refractivity contribution is 5.34. The first-order valence-electron chi connectivity index (χ1n) is 5.96. The van der Waals surface area contributed by atoms with Crippen LogP contribution in [0.15, 0.2) is 12.1 Å². The fourth-order valence-electron chi connectivity index (χ4n) is 1.63. The van der Waals surface area contributed by atoms with E-state index in [1.807, 2.05) is 6.07 Å². The maximum atomic E-state index is 7.42. The summed E-state index contributed by atoms with van der Waals surface area (Å²) < 4.78 is 22.3. The van der Waals surface area contributed by atoms with E-state index in [2.05, 4.69) is 4.98 Å². The molecule has 0 bridgehead atoms. The zero-order valence-corrected chi connectivity index (χ0v) is 7.45. The molecule has 0 atom stereocenters. The average Bonchev–Trinajstić information content (AvgIpc) is 2.38. The molecule has 0 aromatic carbocycles. The van der Waals surface area contributed by atoms with Crippen LogP contribution in [-0.2, 0) is 13.0 Å². The van der Waals surface area contributed by atoms with E-state index in [1.165, 1.54) is 4.90 Å². The smallest absolute Gasteiger partial charge is 0.123 e. The number of nitrogens with two attached hydrogens (primary N) is 1. The summed E-state index contributed by atoms with van der Waals surface area (Å²) in [6, 6.07) is 3.71. The summed E-state index contributed by atoms with van der Waals surface area (Å²) in [6.45, 7) is -1.11. The summed E-state index contributed by atoms with van der Waals surface area (Å²) in [5.41, 5.74) is 7.53. The van der Waals surface area contributed by atoms with E-state index in [1.54, 1.807) is 6.07 Å². The Bertz CT molecular complexity index is 389. The van der Waals surface area contributed by atoms with Crippen LogP contribution in [0.2, 0.25) is 0 Å². The minimum atomic E-state index is -2.05. The molecule has 3 nitrogen and oxygen atoms in total. The summed E-state index contributed by atoms with van der Waals surface area (Å²) >= 11 is 0. The van der Waals surface area contributed by atoms with E-state index in [4.69, 9.17) is 9.85 Å². The minimum Gasteiger partial charge on any atom is -0.384 e. The first-order valence-corrected chi connectivity index (χ1v) is 4.46. The van der Waals surface area contributed by atoms with Crippen molar-refractivity contribution >= 4 is 5.82 Å². The molecule has 2 N–H and O–H groups in total. The number of aryl methyl sites for hydroxylation is 1. The van der Waals surface area contributed by atoms with E-state index >= 15 is 0 Å². The van der Waals surface area contributed by atoms with Crippen LogP contribution in [0.3, 0.4) is 0 Å². The van der Waals surface area contributed by atoms with Crippen molar-refractivity contribution in [3.05, 3.63) is 23.4 Å². The number of hydrogen-bond acceptors (Lipinski definition) is 3. The van der Waals surface area contributed by atoms with Gasteiger partial charge in [0.25, 0.3) is 0 Å². The average molecular weight is 180 g/mol. The molecule has 13 heavy (non-hydrogen) atoms. The zero-order chi connectivity index (χ0) is 11.8. The molecule has 0 aliphatic carbocycles. The van der Waals surface area contributed by atoms with Crippen LogP contribution in [0, 0.1) is 0 Å². The molecule has 0 amide bonds. The molecule has 1 aliphatic rings. The Labute approximate surface area is 82.8 Å². The highest BCUT2D eigenvalue weighted by Crippen LogP contribution is 2.16. The number of pyridine rings is 1. The Hall–Kier alpha value is -1.09. The van der Waals surface area contributed by atoms with Gasteiger partial charge in [0.15, 0.2) is 0 Å². The lowest BCUT2D eigenvalue weighted by Gasteiger charge is -2.12. The number of anilines is 1. The second-order valence-corrected chi connectivity index (χ2v) is 3.37. The van der Waals surface area contributed by atoms with Gasteiger partial charge in [-0.05, 0) is 38.0 Å². The highest BCUT2D eigenvalue weighted by Gasteiger charge is 2.12. The Morgan fingerprint density at radius 2 is 2.54 bits per heavy atom. The van der Waals surface area contributed by atoms with Crippen molar-refractivity contribution in [2.45, 2.75) is 19.4 Å². The Balaban J connectivity index is 2.29. The first kappa shape index (κ1) is 5.60. The second-order valence-electron chi connectivity index (χ2n) is 3.37. The number of nitrogens with zero attached hydrogens (tertiary/aromatic N) is 2. The monoisotopic (exact) mass is 180 g/mol. The Kier molecular flexibility index (Phi) is 1.44. The molecular weight excluding hydrogens is 162 g/mol. The molecule has 0 radical (unpaired) electrons. The van der Waals surface area contributed by atoms with Crippen LogP contribution >= 0.6 is 0 Å². The highest BCUT2D eigenvalue weighted by atomic mass is 15.1. The number of nitrogen functional groups attached to an aromatic ring is 1. The number of hydrogen-bond donors (Lipinski definition) is 1. The fraction of sp³-hybridized carbons (Fsp3) is 0.500. The zero-order valence-electron chi connectivity index (χ0n) is 10.5. The standard InChI is InChI=1S/C10H15N3/c1-13-6-2-3-8-4-5-10(11)12-9(8)7-13/h4-5H,2-3,6-7H2,1H3,(H2,11,12)/i1D3. The van der Waals surface area contributed by atoms with Crippen LogP contribution in [0.1, 0.15) is 21.8 Å². The molecule has 2 rings (SSSR count). The third kappa shape index (κ3) is 1.80.